The van der Waals surface area contributed by atoms with Crippen molar-refractivity contribution in [3.63, 3.8) is 0 Å². The molecular weight excluding hydrogens is 182 g/mol. The van der Waals surface area contributed by atoms with Crippen LogP contribution in [0.25, 0.3) is 0 Å². The van der Waals surface area contributed by atoms with Crippen LogP contribution in [0.15, 0.2) is 0 Å². The van der Waals surface area contributed by atoms with Gasteiger partial charge in [0.15, 0.2) is 0 Å². The Morgan fingerprint density at radius 2 is 2.00 bits per heavy atom. The fraction of sp³-hybridized carbons (Fsp3) is 1.00. The van der Waals surface area contributed by atoms with Crippen LogP contribution in [0.3, 0.4) is 0 Å². The normalized spacial score (nSPS) is 15.0. The summed E-state index contributed by atoms with van der Waals surface area (Å²) in [6, 6.07) is 0. The fourth-order valence-electron chi connectivity index (χ4n) is 1.07. The van der Waals surface area contributed by atoms with Crippen molar-refractivity contribution in [1.82, 2.24) is 4.90 Å². The second-order valence-electron chi connectivity index (χ2n) is 4.31. The third kappa shape index (κ3) is 4.34. The molecule has 0 saturated heterocycles. The van der Waals surface area contributed by atoms with Crippen molar-refractivity contribution in [3.8, 4) is 0 Å². The monoisotopic (exact) mass is 205 g/mol. The molecule has 0 heterocycles. The maximum Gasteiger partial charge on any atom is 0.0609 e. The first-order valence-electron chi connectivity index (χ1n) is 4.90. The minimum absolute atomic E-state index is 0.115. The molecule has 2 nitrogen and oxygen atoms in total. The van der Waals surface area contributed by atoms with Crippen molar-refractivity contribution in [1.29, 1.82) is 0 Å². The molecule has 0 fully saturated rings. The van der Waals surface area contributed by atoms with Gasteiger partial charge in [-0.1, -0.05) is 13.3 Å². The number of nitrogens with zero attached hydrogens (tertiary/aromatic N) is 1. The van der Waals surface area contributed by atoms with Crippen LogP contribution in [0, 0.1) is 5.92 Å². The molecule has 0 aromatic rings. The molecule has 0 amide bonds. The quantitative estimate of drug-likeness (QED) is 0.644. The Labute approximate surface area is 87.7 Å². The lowest BCUT2D eigenvalue weighted by atomic mass is 10.0. The highest BCUT2D eigenvalue weighted by Gasteiger charge is 2.23. The predicted octanol–water partition coefficient (Wildman–Crippen LogP) is 1.65. The summed E-state index contributed by atoms with van der Waals surface area (Å²) in [6.07, 6.45) is 1.15. The molecule has 0 spiro atoms. The van der Waals surface area contributed by atoms with E-state index in [2.05, 4.69) is 45.3 Å². The van der Waals surface area contributed by atoms with Crippen LogP contribution in [0.5, 0.6) is 0 Å². The van der Waals surface area contributed by atoms with Gasteiger partial charge in [0.05, 0.1) is 6.61 Å². The van der Waals surface area contributed by atoms with E-state index in [1.165, 1.54) is 0 Å². The minimum atomic E-state index is -0.115. The molecule has 0 aliphatic rings. The summed E-state index contributed by atoms with van der Waals surface area (Å²) in [5.41, 5.74) is -0.115. The topological polar surface area (TPSA) is 23.5 Å². The molecule has 0 aliphatic heterocycles. The molecular formula is C10H23NOS. The lowest BCUT2D eigenvalue weighted by Crippen LogP contribution is -2.46. The second kappa shape index (κ2) is 5.89. The van der Waals surface area contributed by atoms with Crippen molar-refractivity contribution in [3.05, 3.63) is 0 Å². The van der Waals surface area contributed by atoms with Gasteiger partial charge < -0.3 is 5.11 Å². The molecule has 80 valence electrons. The lowest BCUT2D eigenvalue weighted by molar-refractivity contribution is 0.0684. The molecule has 0 rings (SSSR count). The summed E-state index contributed by atoms with van der Waals surface area (Å²) >= 11 is 4.31. The molecule has 0 aromatic carbocycles. The van der Waals surface area contributed by atoms with Crippen LogP contribution in [0.1, 0.15) is 27.2 Å². The highest BCUT2D eigenvalue weighted by atomic mass is 32.1. The zero-order chi connectivity index (χ0) is 10.5. The average molecular weight is 205 g/mol. The molecule has 0 aliphatic carbocycles. The van der Waals surface area contributed by atoms with Crippen LogP contribution in [0.2, 0.25) is 0 Å². The van der Waals surface area contributed by atoms with Crippen molar-refractivity contribution in [2.75, 3.05) is 26.0 Å². The standard InChI is InChI=1S/C10H23NOS/c1-5-9(7-13)6-11(4)10(2,3)8-12/h9,12-13H,5-8H2,1-4H3. The molecule has 13 heavy (non-hydrogen) atoms. The summed E-state index contributed by atoms with van der Waals surface area (Å²) in [7, 11) is 2.06. The number of hydrogen-bond acceptors (Lipinski definition) is 3. The minimum Gasteiger partial charge on any atom is -0.394 e. The van der Waals surface area contributed by atoms with E-state index in [1.54, 1.807) is 0 Å². The molecule has 0 saturated carbocycles. The Bertz CT molecular complexity index is 135. The van der Waals surface area contributed by atoms with Gasteiger partial charge in [-0.15, -0.1) is 0 Å². The Hall–Kier alpha value is 0.270. The average Bonchev–Trinajstić information content (AvgIpc) is 2.13. The molecule has 0 aromatic heterocycles. The number of aliphatic hydroxyl groups excluding tert-OH is 1. The number of likely N-dealkylation sites (N-methyl/N-ethyl adjacent to an activating group) is 1. The summed E-state index contributed by atoms with van der Waals surface area (Å²) in [4.78, 5) is 2.21. The van der Waals surface area contributed by atoms with Crippen molar-refractivity contribution in [2.24, 2.45) is 5.92 Å². The number of hydrogen-bond donors (Lipinski definition) is 2. The van der Waals surface area contributed by atoms with E-state index in [1.807, 2.05) is 0 Å². The Kier molecular flexibility index (Phi) is 6.01. The predicted molar refractivity (Wildman–Crippen MR) is 61.4 cm³/mol. The maximum absolute atomic E-state index is 9.16. The van der Waals surface area contributed by atoms with Crippen LogP contribution < -0.4 is 0 Å². The van der Waals surface area contributed by atoms with E-state index >= 15 is 0 Å². The molecule has 0 radical (unpaired) electrons. The maximum atomic E-state index is 9.16. The van der Waals surface area contributed by atoms with E-state index in [9.17, 15) is 0 Å². The first-order valence-corrected chi connectivity index (χ1v) is 5.54. The molecule has 3 heteroatoms. The van der Waals surface area contributed by atoms with Crippen molar-refractivity contribution < 1.29 is 5.11 Å². The highest BCUT2D eigenvalue weighted by Crippen LogP contribution is 2.15. The fourth-order valence-corrected chi connectivity index (χ4v) is 1.44. The van der Waals surface area contributed by atoms with E-state index in [0.29, 0.717) is 5.92 Å². The Balaban J connectivity index is 4.04. The zero-order valence-electron chi connectivity index (χ0n) is 9.25. The largest absolute Gasteiger partial charge is 0.394 e. The van der Waals surface area contributed by atoms with E-state index in [4.69, 9.17) is 5.11 Å². The van der Waals surface area contributed by atoms with E-state index in [0.717, 1.165) is 18.7 Å². The lowest BCUT2D eigenvalue weighted by Gasteiger charge is -2.36. The zero-order valence-corrected chi connectivity index (χ0v) is 10.1. The van der Waals surface area contributed by atoms with Gasteiger partial charge in [-0.2, -0.15) is 12.6 Å². The summed E-state index contributed by atoms with van der Waals surface area (Å²) < 4.78 is 0. The number of aliphatic hydroxyl groups is 1. The Morgan fingerprint density at radius 1 is 1.46 bits per heavy atom. The SMILES string of the molecule is CCC(CS)CN(C)C(C)(C)CO. The van der Waals surface area contributed by atoms with Gasteiger partial charge in [0.25, 0.3) is 0 Å². The number of rotatable bonds is 6. The van der Waals surface area contributed by atoms with Gasteiger partial charge in [-0.25, -0.2) is 0 Å². The molecule has 0 bridgehead atoms. The first-order chi connectivity index (χ1) is 5.97. The van der Waals surface area contributed by atoms with Gasteiger partial charge in [0.2, 0.25) is 0 Å². The van der Waals surface area contributed by atoms with Crippen molar-refractivity contribution >= 4 is 12.6 Å². The Morgan fingerprint density at radius 3 is 2.31 bits per heavy atom. The second-order valence-corrected chi connectivity index (χ2v) is 4.67. The summed E-state index contributed by atoms with van der Waals surface area (Å²) in [6.45, 7) is 7.50. The van der Waals surface area contributed by atoms with Gasteiger partial charge in [0, 0.05) is 12.1 Å². The van der Waals surface area contributed by atoms with Crippen LogP contribution in [-0.2, 0) is 0 Å². The third-order valence-corrected chi connectivity index (χ3v) is 3.30. The first kappa shape index (κ1) is 13.3. The summed E-state index contributed by atoms with van der Waals surface area (Å²) in [5.74, 6) is 1.54. The van der Waals surface area contributed by atoms with E-state index in [-0.39, 0.29) is 12.1 Å². The highest BCUT2D eigenvalue weighted by molar-refractivity contribution is 7.80. The molecule has 1 atom stereocenters. The van der Waals surface area contributed by atoms with Crippen LogP contribution in [-0.4, -0.2) is 41.5 Å². The third-order valence-electron chi connectivity index (χ3n) is 2.79. The van der Waals surface area contributed by atoms with Gasteiger partial charge in [-0.05, 0) is 32.6 Å². The smallest absolute Gasteiger partial charge is 0.0609 e. The van der Waals surface area contributed by atoms with Gasteiger partial charge in [0.1, 0.15) is 0 Å². The van der Waals surface area contributed by atoms with Crippen LogP contribution in [0.4, 0.5) is 0 Å². The molecule has 1 N–H and O–H groups in total. The van der Waals surface area contributed by atoms with Gasteiger partial charge >= 0.3 is 0 Å². The number of thiol groups is 1. The van der Waals surface area contributed by atoms with Crippen molar-refractivity contribution in [2.45, 2.75) is 32.7 Å². The van der Waals surface area contributed by atoms with Gasteiger partial charge in [-0.3, -0.25) is 4.90 Å². The van der Waals surface area contributed by atoms with Crippen LogP contribution >= 0.6 is 12.6 Å². The molecule has 1 unspecified atom stereocenters. The summed E-state index contributed by atoms with van der Waals surface area (Å²) in [5, 5.41) is 9.16. The van der Waals surface area contributed by atoms with E-state index < -0.39 is 0 Å².